The fraction of sp³-hybridized carbons (Fsp3) is 0. The van der Waals surface area contributed by atoms with Gasteiger partial charge in [-0.05, 0) is 180 Å². The molecule has 10 aromatic carbocycles. The van der Waals surface area contributed by atoms with Gasteiger partial charge >= 0.3 is 0 Å². The first-order chi connectivity index (χ1) is 45.3. The number of para-hydroxylation sites is 2. The zero-order valence-electron chi connectivity index (χ0n) is 49.1. The van der Waals surface area contributed by atoms with E-state index in [0.29, 0.717) is 0 Å². The lowest BCUT2D eigenvalue weighted by Crippen LogP contribution is -1.94. The largest absolute Gasteiger partial charge is 0.309 e. The molecule has 8 aromatic heterocycles. The molecule has 0 saturated heterocycles. The molecule has 0 aliphatic heterocycles. The van der Waals surface area contributed by atoms with Gasteiger partial charge in [0.25, 0.3) is 0 Å². The van der Waals surface area contributed by atoms with Crippen LogP contribution in [0.25, 0.3) is 133 Å². The van der Waals surface area contributed by atoms with Crippen molar-refractivity contribution in [2.24, 2.45) is 0 Å². The van der Waals surface area contributed by atoms with E-state index in [1.807, 2.05) is 73.4 Å². The summed E-state index contributed by atoms with van der Waals surface area (Å²) in [5.74, 6) is 0. The Morgan fingerprint density at radius 2 is 0.565 bits per heavy atom. The van der Waals surface area contributed by atoms with Crippen molar-refractivity contribution in [2.45, 2.75) is 0 Å². The molecule has 0 N–H and O–H groups in total. The highest BCUT2D eigenvalue weighted by molar-refractivity contribution is 9.11. The molecule has 0 bridgehead atoms. The Kier molecular flexibility index (Phi) is 16.3. The van der Waals surface area contributed by atoms with E-state index in [4.69, 9.17) is 0 Å². The van der Waals surface area contributed by atoms with Crippen LogP contribution in [-0.4, -0.2) is 38.2 Å². The number of pyridine rings is 4. The maximum Gasteiger partial charge on any atom is 0.0963 e. The van der Waals surface area contributed by atoms with E-state index >= 15 is 0 Å². The lowest BCUT2D eigenvalue weighted by molar-refractivity contribution is 1.17. The number of aromatic nitrogens is 8. The first-order valence-corrected chi connectivity index (χ1v) is 33.1. The van der Waals surface area contributed by atoms with E-state index in [9.17, 15) is 0 Å². The molecular formula is C80H52Br4N8. The molecule has 92 heavy (non-hydrogen) atoms. The predicted molar refractivity (Wildman–Crippen MR) is 396 cm³/mol. The number of nitrogens with zero attached hydrogens (tertiary/aromatic N) is 8. The van der Waals surface area contributed by atoms with E-state index in [0.717, 1.165) is 95.5 Å². The van der Waals surface area contributed by atoms with Gasteiger partial charge in [0, 0.05) is 98.6 Å². The van der Waals surface area contributed by atoms with Crippen molar-refractivity contribution in [1.82, 2.24) is 38.2 Å². The third-order valence-corrected chi connectivity index (χ3v) is 18.4. The van der Waals surface area contributed by atoms with Gasteiger partial charge in [0.1, 0.15) is 0 Å². The van der Waals surface area contributed by atoms with Crippen LogP contribution in [0.1, 0.15) is 0 Å². The van der Waals surface area contributed by atoms with Gasteiger partial charge < -0.3 is 18.3 Å². The number of hydrogen-bond donors (Lipinski definition) is 0. The van der Waals surface area contributed by atoms with E-state index in [2.05, 4.69) is 345 Å². The van der Waals surface area contributed by atoms with Crippen LogP contribution < -0.4 is 0 Å². The topological polar surface area (TPSA) is 71.3 Å². The van der Waals surface area contributed by atoms with E-state index in [1.165, 1.54) is 55.0 Å². The van der Waals surface area contributed by atoms with Gasteiger partial charge in [-0.1, -0.05) is 191 Å². The third kappa shape index (κ3) is 11.3. The molecule has 0 aliphatic rings. The summed E-state index contributed by atoms with van der Waals surface area (Å²) in [6, 6.07) is 98.9. The Morgan fingerprint density at radius 1 is 0.217 bits per heavy atom. The van der Waals surface area contributed by atoms with Crippen LogP contribution in [0, 0.1) is 0 Å². The second kappa shape index (κ2) is 25.7. The smallest absolute Gasteiger partial charge is 0.0963 e. The first kappa shape index (κ1) is 58.3. The van der Waals surface area contributed by atoms with E-state index < -0.39 is 0 Å². The normalized spacial score (nSPS) is 11.3. The SMILES string of the molecule is Brc1ccc2c3cnccc3n(-c3ccccc3)c2c1.Brc1ccc2c3ncccc3n(-c3ccc(-c4ccccc4)cc3)c2c1.Brc1ccc2c3ncccc3n(-c3cccc(-c4ccccc4)c3)c2c1.Brc1ccc2c3ncccc3n(-c3ccccc3)c2c1. The maximum atomic E-state index is 4.63. The molecule has 0 atom stereocenters. The van der Waals surface area contributed by atoms with Crippen molar-refractivity contribution < 1.29 is 0 Å². The number of halogens is 4. The molecule has 0 aliphatic carbocycles. The number of benzene rings is 10. The summed E-state index contributed by atoms with van der Waals surface area (Å²) in [7, 11) is 0. The van der Waals surface area contributed by atoms with Crippen molar-refractivity contribution >= 4 is 151 Å². The molecule has 0 fully saturated rings. The number of rotatable bonds is 6. The molecule has 0 unspecified atom stereocenters. The van der Waals surface area contributed by atoms with Gasteiger partial charge in [-0.15, -0.1) is 0 Å². The first-order valence-electron chi connectivity index (χ1n) is 29.9. The summed E-state index contributed by atoms with van der Waals surface area (Å²) in [5.41, 5.74) is 21.8. The standard InChI is InChI=1S/2C23H15BrN2.2C17H11BrN2/c24-18-11-12-20-22(15-18)26(21-10-5-13-25-23(20)21)19-9-4-8-17(14-19)16-6-2-1-3-7-16;24-18-10-13-20-22(15-18)26(21-7-4-14-25-23(20)21)19-11-8-17(9-12-19)16-5-2-1-3-6-16;18-12-8-9-14-16(11-12)20(13-5-2-1-3-6-13)15-7-4-10-19-17(14)15;18-12-6-7-14-15-11-19-9-8-16(15)20(17(14)10-12)13-4-2-1-3-5-13/h2*1-15H;2*1-11H. The average Bonchev–Trinajstić information content (AvgIpc) is 1.65. The molecule has 0 spiro atoms. The summed E-state index contributed by atoms with van der Waals surface area (Å²) in [6.45, 7) is 0. The van der Waals surface area contributed by atoms with Crippen LogP contribution in [0.3, 0.4) is 0 Å². The molecule has 18 rings (SSSR count). The summed E-state index contributed by atoms with van der Waals surface area (Å²) in [4.78, 5) is 18.1. The monoisotopic (exact) mass is 1440 g/mol. The van der Waals surface area contributed by atoms with Crippen LogP contribution in [0.15, 0.2) is 334 Å². The Labute approximate surface area is 563 Å². The molecular weight excluding hydrogens is 1390 g/mol. The Hall–Kier alpha value is -10.1. The van der Waals surface area contributed by atoms with Gasteiger partial charge in [-0.25, -0.2) is 0 Å². The maximum absolute atomic E-state index is 4.63. The van der Waals surface area contributed by atoms with Gasteiger partial charge in [0.05, 0.1) is 60.7 Å². The molecule has 8 nitrogen and oxygen atoms in total. The minimum Gasteiger partial charge on any atom is -0.309 e. The minimum atomic E-state index is 1.03. The zero-order valence-corrected chi connectivity index (χ0v) is 55.5. The summed E-state index contributed by atoms with van der Waals surface area (Å²) >= 11 is 14.3. The summed E-state index contributed by atoms with van der Waals surface area (Å²) in [6.07, 6.45) is 9.33. The Balaban J connectivity index is 0.000000103. The van der Waals surface area contributed by atoms with Crippen LogP contribution in [-0.2, 0) is 0 Å². The highest BCUT2D eigenvalue weighted by atomic mass is 79.9. The average molecular weight is 1440 g/mol. The fourth-order valence-electron chi connectivity index (χ4n) is 12.4. The van der Waals surface area contributed by atoms with E-state index in [1.54, 1.807) is 0 Å². The van der Waals surface area contributed by atoms with Crippen LogP contribution in [0.4, 0.5) is 0 Å². The molecule has 0 amide bonds. The van der Waals surface area contributed by atoms with Gasteiger partial charge in [0.15, 0.2) is 0 Å². The Morgan fingerprint density at radius 3 is 1.02 bits per heavy atom. The lowest BCUT2D eigenvalue weighted by Gasteiger charge is -2.10. The summed E-state index contributed by atoms with van der Waals surface area (Å²) < 4.78 is 13.4. The van der Waals surface area contributed by atoms with Crippen molar-refractivity contribution in [3.8, 4) is 45.0 Å². The van der Waals surface area contributed by atoms with Gasteiger partial charge in [0.2, 0.25) is 0 Å². The van der Waals surface area contributed by atoms with Gasteiger partial charge in [-0.2, -0.15) is 0 Å². The third-order valence-electron chi connectivity index (χ3n) is 16.5. The number of fused-ring (bicyclic) bond motifs is 12. The predicted octanol–water partition coefficient (Wildman–Crippen LogP) is 23.1. The van der Waals surface area contributed by atoms with Gasteiger partial charge in [-0.3, -0.25) is 19.9 Å². The van der Waals surface area contributed by atoms with Crippen LogP contribution in [0.2, 0.25) is 0 Å². The van der Waals surface area contributed by atoms with Crippen molar-refractivity contribution in [3.05, 3.63) is 334 Å². The minimum absolute atomic E-state index is 1.03. The number of hydrogen-bond acceptors (Lipinski definition) is 4. The zero-order chi connectivity index (χ0) is 62.1. The second-order valence-corrected chi connectivity index (χ2v) is 25.7. The fourth-order valence-corrected chi connectivity index (χ4v) is 13.8. The van der Waals surface area contributed by atoms with Crippen molar-refractivity contribution in [2.75, 3.05) is 0 Å². The Bertz CT molecular complexity index is 5530. The molecule has 440 valence electrons. The molecule has 0 saturated carbocycles. The molecule has 0 radical (unpaired) electrons. The van der Waals surface area contributed by atoms with Crippen molar-refractivity contribution in [3.63, 3.8) is 0 Å². The summed E-state index contributed by atoms with van der Waals surface area (Å²) in [5, 5.41) is 5.90. The van der Waals surface area contributed by atoms with Crippen molar-refractivity contribution in [1.29, 1.82) is 0 Å². The molecule has 18 aromatic rings. The highest BCUT2D eigenvalue weighted by Gasteiger charge is 2.18. The molecule has 8 heterocycles. The van der Waals surface area contributed by atoms with Crippen LogP contribution in [0.5, 0.6) is 0 Å². The molecule has 12 heteroatoms. The lowest BCUT2D eigenvalue weighted by atomic mass is 10.1. The van der Waals surface area contributed by atoms with Crippen LogP contribution >= 0.6 is 63.7 Å². The highest BCUT2D eigenvalue weighted by Crippen LogP contribution is 2.38. The second-order valence-electron chi connectivity index (χ2n) is 22.0. The quantitative estimate of drug-likeness (QED) is 0.166. The van der Waals surface area contributed by atoms with E-state index in [-0.39, 0.29) is 0 Å².